The van der Waals surface area contributed by atoms with Crippen LogP contribution in [-0.2, 0) is 11.3 Å². The molecule has 0 saturated carbocycles. The zero-order valence-corrected chi connectivity index (χ0v) is 17.8. The Balaban J connectivity index is 1.14. The van der Waals surface area contributed by atoms with Gasteiger partial charge in [-0.3, -0.25) is 9.69 Å². The number of para-hydroxylation sites is 1. The highest BCUT2D eigenvalue weighted by Gasteiger charge is 2.28. The van der Waals surface area contributed by atoms with Gasteiger partial charge in [0.2, 0.25) is 12.7 Å². The smallest absolute Gasteiger partial charge is 0.237 e. The molecule has 2 aromatic carbocycles. The minimum absolute atomic E-state index is 0.0612. The fourth-order valence-corrected chi connectivity index (χ4v) is 5.29. The number of carbonyl (C=O) groups is 1. The predicted molar refractivity (Wildman–Crippen MR) is 117 cm³/mol. The maximum absolute atomic E-state index is 12.7. The van der Waals surface area contributed by atoms with E-state index in [2.05, 4.69) is 28.4 Å². The molecule has 6 nitrogen and oxygen atoms in total. The molecular formula is C23H25N3O3S. The Bertz CT molecular complexity index is 1030. The summed E-state index contributed by atoms with van der Waals surface area (Å²) in [5.41, 5.74) is 2.10. The molecule has 0 spiro atoms. The molecule has 5 rings (SSSR count). The lowest BCUT2D eigenvalue weighted by atomic mass is 9.96. The van der Waals surface area contributed by atoms with Gasteiger partial charge in [-0.25, -0.2) is 4.98 Å². The summed E-state index contributed by atoms with van der Waals surface area (Å²) < 4.78 is 12.0. The molecule has 0 aliphatic carbocycles. The molecule has 3 aromatic rings. The molecule has 7 heteroatoms. The number of aromatic nitrogens is 1. The van der Waals surface area contributed by atoms with E-state index in [1.54, 1.807) is 11.3 Å². The van der Waals surface area contributed by atoms with E-state index in [-0.39, 0.29) is 18.7 Å². The van der Waals surface area contributed by atoms with E-state index < -0.39 is 0 Å². The van der Waals surface area contributed by atoms with E-state index in [1.165, 1.54) is 9.71 Å². The number of hydrogen-bond donors (Lipinski definition) is 1. The molecule has 0 unspecified atom stereocenters. The summed E-state index contributed by atoms with van der Waals surface area (Å²) in [6.45, 7) is 4.57. The largest absolute Gasteiger partial charge is 0.454 e. The van der Waals surface area contributed by atoms with Crippen molar-refractivity contribution in [3.05, 3.63) is 53.0 Å². The molecule has 2 aliphatic heterocycles. The molecule has 1 aromatic heterocycles. The second-order valence-electron chi connectivity index (χ2n) is 7.91. The number of likely N-dealkylation sites (tertiary alicyclic amines) is 1. The molecular weight excluding hydrogens is 398 g/mol. The first-order valence-corrected chi connectivity index (χ1v) is 11.2. The lowest BCUT2D eigenvalue weighted by Crippen LogP contribution is -2.47. The first-order chi connectivity index (χ1) is 14.7. The minimum atomic E-state index is -0.143. The van der Waals surface area contributed by atoms with Gasteiger partial charge in [0.15, 0.2) is 11.5 Å². The molecule has 1 amide bonds. The van der Waals surface area contributed by atoms with Crippen molar-refractivity contribution in [2.24, 2.45) is 0 Å². The average molecular weight is 424 g/mol. The number of amides is 1. The highest BCUT2D eigenvalue weighted by atomic mass is 32.1. The highest BCUT2D eigenvalue weighted by molar-refractivity contribution is 7.18. The van der Waals surface area contributed by atoms with E-state index in [0.29, 0.717) is 12.5 Å². The third-order valence-electron chi connectivity index (χ3n) is 6.02. The van der Waals surface area contributed by atoms with E-state index in [1.807, 2.05) is 31.2 Å². The number of ether oxygens (including phenoxy) is 2. The van der Waals surface area contributed by atoms with Crippen LogP contribution in [0.3, 0.4) is 0 Å². The summed E-state index contributed by atoms with van der Waals surface area (Å²) in [6.07, 6.45) is 2.08. The van der Waals surface area contributed by atoms with Crippen LogP contribution >= 0.6 is 11.3 Å². The average Bonchev–Trinajstić information content (AvgIpc) is 3.43. The molecule has 1 atom stereocenters. The highest BCUT2D eigenvalue weighted by Crippen LogP contribution is 2.34. The maximum Gasteiger partial charge on any atom is 0.237 e. The van der Waals surface area contributed by atoms with E-state index in [9.17, 15) is 4.79 Å². The molecule has 1 N–H and O–H groups in total. The fraction of sp³-hybridized carbons (Fsp3) is 0.391. The third-order valence-corrected chi connectivity index (χ3v) is 7.22. The van der Waals surface area contributed by atoms with Crippen LogP contribution in [0.15, 0.2) is 42.5 Å². The van der Waals surface area contributed by atoms with Gasteiger partial charge in [-0.05, 0) is 62.7 Å². The number of piperidine rings is 1. The summed E-state index contributed by atoms with van der Waals surface area (Å²) in [7, 11) is 0. The number of carbonyl (C=O) groups excluding carboxylic acids is 1. The minimum Gasteiger partial charge on any atom is -0.454 e. The molecule has 30 heavy (non-hydrogen) atoms. The van der Waals surface area contributed by atoms with E-state index >= 15 is 0 Å². The zero-order valence-electron chi connectivity index (χ0n) is 17.0. The zero-order chi connectivity index (χ0) is 20.5. The Kier molecular flexibility index (Phi) is 5.31. The predicted octanol–water partition coefficient (Wildman–Crippen LogP) is 3.91. The van der Waals surface area contributed by atoms with Crippen LogP contribution in [0, 0.1) is 0 Å². The van der Waals surface area contributed by atoms with Gasteiger partial charge in [-0.2, -0.15) is 0 Å². The van der Waals surface area contributed by atoms with Crippen molar-refractivity contribution in [2.75, 3.05) is 19.9 Å². The molecule has 2 aliphatic rings. The topological polar surface area (TPSA) is 63.7 Å². The van der Waals surface area contributed by atoms with Crippen LogP contribution in [0.1, 0.15) is 36.3 Å². The van der Waals surface area contributed by atoms with E-state index in [0.717, 1.165) is 48.5 Å². The normalized spacial score (nSPS) is 17.9. The first kappa shape index (κ1) is 19.3. The van der Waals surface area contributed by atoms with Crippen molar-refractivity contribution in [1.29, 1.82) is 0 Å². The van der Waals surface area contributed by atoms with Crippen LogP contribution < -0.4 is 14.8 Å². The van der Waals surface area contributed by atoms with Crippen LogP contribution in [0.5, 0.6) is 11.5 Å². The lowest BCUT2D eigenvalue weighted by Gasteiger charge is -2.34. The van der Waals surface area contributed by atoms with Gasteiger partial charge >= 0.3 is 0 Å². The number of benzene rings is 2. The number of nitrogens with one attached hydrogen (secondary N) is 1. The number of fused-ring (bicyclic) bond motifs is 2. The summed E-state index contributed by atoms with van der Waals surface area (Å²) in [5, 5.41) is 4.29. The molecule has 156 valence electrons. The van der Waals surface area contributed by atoms with Gasteiger partial charge in [0, 0.05) is 12.5 Å². The van der Waals surface area contributed by atoms with Crippen molar-refractivity contribution in [2.45, 2.75) is 38.3 Å². The lowest BCUT2D eigenvalue weighted by molar-refractivity contribution is -0.126. The van der Waals surface area contributed by atoms with Crippen LogP contribution in [0.2, 0.25) is 0 Å². The SMILES string of the molecule is C[C@@H](C(=O)NCc1ccc2c(c1)OCO2)N1CCC(c2nc3ccccc3s2)CC1. The monoisotopic (exact) mass is 423 g/mol. The fourth-order valence-electron chi connectivity index (χ4n) is 4.15. The van der Waals surface area contributed by atoms with Crippen molar-refractivity contribution in [1.82, 2.24) is 15.2 Å². The number of rotatable bonds is 5. The van der Waals surface area contributed by atoms with Gasteiger partial charge in [-0.1, -0.05) is 18.2 Å². The van der Waals surface area contributed by atoms with Gasteiger partial charge in [-0.15, -0.1) is 11.3 Å². The second kappa shape index (κ2) is 8.24. The van der Waals surface area contributed by atoms with Gasteiger partial charge in [0.05, 0.1) is 21.3 Å². The van der Waals surface area contributed by atoms with Crippen molar-refractivity contribution in [3.63, 3.8) is 0 Å². The van der Waals surface area contributed by atoms with Crippen molar-refractivity contribution < 1.29 is 14.3 Å². The number of thiazole rings is 1. The first-order valence-electron chi connectivity index (χ1n) is 10.4. The summed E-state index contributed by atoms with van der Waals surface area (Å²) in [6, 6.07) is 14.0. The Morgan fingerprint density at radius 3 is 2.83 bits per heavy atom. The second-order valence-corrected chi connectivity index (χ2v) is 8.97. The molecule has 0 bridgehead atoms. The Hall–Kier alpha value is -2.64. The van der Waals surface area contributed by atoms with Crippen LogP contribution in [0.25, 0.3) is 10.2 Å². The summed E-state index contributed by atoms with van der Waals surface area (Å²) >= 11 is 1.81. The maximum atomic E-state index is 12.7. The number of hydrogen-bond acceptors (Lipinski definition) is 6. The van der Waals surface area contributed by atoms with Crippen LogP contribution in [0.4, 0.5) is 0 Å². The van der Waals surface area contributed by atoms with Crippen LogP contribution in [-0.4, -0.2) is 41.7 Å². The van der Waals surface area contributed by atoms with Gasteiger partial charge in [0.25, 0.3) is 0 Å². The molecule has 1 fully saturated rings. The molecule has 3 heterocycles. The van der Waals surface area contributed by atoms with Gasteiger partial charge < -0.3 is 14.8 Å². The van der Waals surface area contributed by atoms with Crippen molar-refractivity contribution in [3.8, 4) is 11.5 Å². The van der Waals surface area contributed by atoms with E-state index in [4.69, 9.17) is 14.5 Å². The quantitative estimate of drug-likeness (QED) is 0.674. The van der Waals surface area contributed by atoms with Crippen molar-refractivity contribution >= 4 is 27.5 Å². The molecule has 0 radical (unpaired) electrons. The molecule has 1 saturated heterocycles. The third kappa shape index (κ3) is 3.87. The number of nitrogens with zero attached hydrogens (tertiary/aromatic N) is 2. The Labute approximate surface area is 179 Å². The Morgan fingerprint density at radius 2 is 2.00 bits per heavy atom. The summed E-state index contributed by atoms with van der Waals surface area (Å²) in [5.74, 6) is 2.05. The summed E-state index contributed by atoms with van der Waals surface area (Å²) in [4.78, 5) is 19.8. The standard InChI is InChI=1S/C23H25N3O3S/c1-15(22(27)24-13-16-6-7-19-20(12-16)29-14-28-19)26-10-8-17(9-11-26)23-25-18-4-2-3-5-21(18)30-23/h2-7,12,15,17H,8-11,13-14H2,1H3,(H,24,27)/t15-/m0/s1. The Morgan fingerprint density at radius 1 is 1.20 bits per heavy atom. The van der Waals surface area contributed by atoms with Gasteiger partial charge in [0.1, 0.15) is 0 Å².